The second-order valence-electron chi connectivity index (χ2n) is 11.0. The molecule has 0 aromatic carbocycles. The van der Waals surface area contributed by atoms with Crippen molar-refractivity contribution in [3.63, 3.8) is 0 Å². The van der Waals surface area contributed by atoms with E-state index in [-0.39, 0.29) is 6.42 Å². The number of aliphatic hydroxyl groups is 3. The van der Waals surface area contributed by atoms with Gasteiger partial charge in [-0.05, 0) is 99.3 Å². The van der Waals surface area contributed by atoms with E-state index in [9.17, 15) is 24.9 Å². The Morgan fingerprint density at radius 1 is 0.750 bits per heavy atom. The smallest absolute Gasteiger partial charge is 0.377 e. The SMILES string of the molecule is CC(C)=CCCC(C)=CCCC(C)=CCCC=C(C)CCC=C(C)CCC(=O)OCC(O)C1OC(=O)C(O)=C1O. The van der Waals surface area contributed by atoms with E-state index in [2.05, 4.69) is 69.7 Å². The van der Waals surface area contributed by atoms with Crippen LogP contribution in [0.4, 0.5) is 0 Å². The summed E-state index contributed by atoms with van der Waals surface area (Å²) in [5, 5.41) is 28.8. The van der Waals surface area contributed by atoms with Gasteiger partial charge in [-0.15, -0.1) is 0 Å². The fourth-order valence-corrected chi connectivity index (χ4v) is 4.11. The molecule has 0 aromatic rings. The molecule has 2 unspecified atom stereocenters. The number of allylic oxidation sites excluding steroid dienone is 10. The third-order valence-corrected chi connectivity index (χ3v) is 6.73. The molecule has 1 rings (SSSR count). The van der Waals surface area contributed by atoms with Crippen LogP contribution in [-0.2, 0) is 19.1 Å². The van der Waals surface area contributed by atoms with Crippen LogP contribution in [0.3, 0.4) is 0 Å². The molecular weight excluding hydrogens is 508 g/mol. The first-order valence-electron chi connectivity index (χ1n) is 14.3. The summed E-state index contributed by atoms with van der Waals surface area (Å²) < 4.78 is 9.66. The van der Waals surface area contributed by atoms with Crippen molar-refractivity contribution in [2.75, 3.05) is 6.61 Å². The number of unbranched alkanes of at least 4 members (excludes halogenated alkanes) is 1. The molecule has 1 heterocycles. The topological polar surface area (TPSA) is 113 Å². The molecule has 1 aliphatic heterocycles. The van der Waals surface area contributed by atoms with Crippen molar-refractivity contribution in [2.24, 2.45) is 0 Å². The van der Waals surface area contributed by atoms with Crippen molar-refractivity contribution in [3.8, 4) is 0 Å². The minimum Gasteiger partial charge on any atom is -0.505 e. The van der Waals surface area contributed by atoms with E-state index >= 15 is 0 Å². The summed E-state index contributed by atoms with van der Waals surface area (Å²) in [7, 11) is 0. The molecular formula is C33H50O7. The van der Waals surface area contributed by atoms with Crippen LogP contribution in [-0.4, -0.2) is 46.1 Å². The number of aliphatic hydroxyl groups excluding tert-OH is 3. The lowest BCUT2D eigenvalue weighted by molar-refractivity contribution is -0.154. The quantitative estimate of drug-likeness (QED) is 0.0893. The number of hydrogen-bond donors (Lipinski definition) is 3. The lowest BCUT2D eigenvalue weighted by Gasteiger charge is -2.17. The molecule has 0 fully saturated rings. The van der Waals surface area contributed by atoms with E-state index in [1.807, 2.05) is 6.92 Å². The van der Waals surface area contributed by atoms with Crippen LogP contribution in [0, 0.1) is 0 Å². The average Bonchev–Trinajstić information content (AvgIpc) is 3.15. The molecule has 7 nitrogen and oxygen atoms in total. The highest BCUT2D eigenvalue weighted by Gasteiger charge is 2.39. The largest absolute Gasteiger partial charge is 0.505 e. The van der Waals surface area contributed by atoms with Crippen LogP contribution in [0.25, 0.3) is 0 Å². The van der Waals surface area contributed by atoms with Crippen molar-refractivity contribution in [3.05, 3.63) is 69.8 Å². The predicted octanol–water partition coefficient (Wildman–Crippen LogP) is 7.80. The van der Waals surface area contributed by atoms with Gasteiger partial charge in [-0.2, -0.15) is 0 Å². The van der Waals surface area contributed by atoms with Crippen LogP contribution < -0.4 is 0 Å². The van der Waals surface area contributed by atoms with Gasteiger partial charge in [0.15, 0.2) is 11.9 Å². The van der Waals surface area contributed by atoms with Crippen LogP contribution in [0.15, 0.2) is 69.8 Å². The van der Waals surface area contributed by atoms with Crippen molar-refractivity contribution in [2.45, 2.75) is 118 Å². The number of carbonyl (C=O) groups is 2. The minimum atomic E-state index is -1.46. The van der Waals surface area contributed by atoms with Gasteiger partial charge in [-0.25, -0.2) is 4.79 Å². The van der Waals surface area contributed by atoms with Crippen molar-refractivity contribution in [1.29, 1.82) is 0 Å². The summed E-state index contributed by atoms with van der Waals surface area (Å²) >= 11 is 0. The molecule has 1 aliphatic rings. The van der Waals surface area contributed by atoms with Gasteiger partial charge in [-0.1, -0.05) is 58.2 Å². The van der Waals surface area contributed by atoms with Gasteiger partial charge in [0, 0.05) is 6.42 Å². The number of rotatable bonds is 18. The van der Waals surface area contributed by atoms with Crippen LogP contribution in [0.2, 0.25) is 0 Å². The molecule has 0 amide bonds. The van der Waals surface area contributed by atoms with Crippen LogP contribution >= 0.6 is 0 Å². The van der Waals surface area contributed by atoms with Gasteiger partial charge in [0.25, 0.3) is 0 Å². The highest BCUT2D eigenvalue weighted by atomic mass is 16.6. The number of ether oxygens (including phenoxy) is 2. The van der Waals surface area contributed by atoms with Crippen molar-refractivity contribution in [1.82, 2.24) is 0 Å². The molecule has 0 aromatic heterocycles. The zero-order valence-electron chi connectivity index (χ0n) is 25.3. The Morgan fingerprint density at radius 3 is 1.65 bits per heavy atom. The van der Waals surface area contributed by atoms with Gasteiger partial charge in [0.2, 0.25) is 5.76 Å². The number of carbonyl (C=O) groups excluding carboxylic acids is 2. The summed E-state index contributed by atoms with van der Waals surface area (Å²) in [5.41, 5.74) is 6.74. The van der Waals surface area contributed by atoms with Crippen molar-refractivity contribution < 1.29 is 34.4 Å². The van der Waals surface area contributed by atoms with Gasteiger partial charge < -0.3 is 24.8 Å². The lowest BCUT2D eigenvalue weighted by Crippen LogP contribution is -2.33. The van der Waals surface area contributed by atoms with E-state index in [4.69, 9.17) is 4.74 Å². The highest BCUT2D eigenvalue weighted by Crippen LogP contribution is 2.22. The van der Waals surface area contributed by atoms with E-state index in [1.165, 1.54) is 22.3 Å². The first-order valence-corrected chi connectivity index (χ1v) is 14.3. The third-order valence-electron chi connectivity index (χ3n) is 6.73. The maximum atomic E-state index is 12.0. The number of hydrogen-bond acceptors (Lipinski definition) is 7. The fourth-order valence-electron chi connectivity index (χ4n) is 4.11. The number of cyclic esters (lactones) is 1. The predicted molar refractivity (Wildman–Crippen MR) is 160 cm³/mol. The minimum absolute atomic E-state index is 0.151. The maximum absolute atomic E-state index is 12.0. The lowest BCUT2D eigenvalue weighted by atomic mass is 10.0. The van der Waals surface area contributed by atoms with E-state index in [0.29, 0.717) is 6.42 Å². The molecule has 0 saturated heterocycles. The third kappa shape index (κ3) is 14.9. The molecule has 7 heteroatoms. The van der Waals surface area contributed by atoms with E-state index < -0.39 is 42.3 Å². The Bertz CT molecular complexity index is 1020. The molecule has 0 spiro atoms. The molecule has 0 aliphatic carbocycles. The molecule has 0 saturated carbocycles. The van der Waals surface area contributed by atoms with E-state index in [1.54, 1.807) is 0 Å². The molecule has 3 N–H and O–H groups in total. The second kappa shape index (κ2) is 19.1. The molecule has 0 radical (unpaired) electrons. The molecule has 2 atom stereocenters. The summed E-state index contributed by atoms with van der Waals surface area (Å²) in [6.45, 7) is 12.4. The average molecular weight is 559 g/mol. The summed E-state index contributed by atoms with van der Waals surface area (Å²) in [4.78, 5) is 23.2. The van der Waals surface area contributed by atoms with Gasteiger partial charge >= 0.3 is 11.9 Å². The Labute approximate surface area is 240 Å². The Balaban J connectivity index is 2.23. The summed E-state index contributed by atoms with van der Waals surface area (Å²) in [6, 6.07) is 0. The first kappa shape index (κ1) is 35.0. The van der Waals surface area contributed by atoms with Crippen molar-refractivity contribution >= 4 is 11.9 Å². The summed E-state index contributed by atoms with van der Waals surface area (Å²) in [6.07, 6.45) is 17.7. The molecule has 224 valence electrons. The Morgan fingerprint density at radius 2 is 1.20 bits per heavy atom. The van der Waals surface area contributed by atoms with Gasteiger partial charge in [-0.3, -0.25) is 4.79 Å². The number of esters is 2. The monoisotopic (exact) mass is 558 g/mol. The van der Waals surface area contributed by atoms with E-state index in [0.717, 1.165) is 56.9 Å². The fraction of sp³-hybridized carbons (Fsp3) is 0.576. The van der Waals surface area contributed by atoms with Crippen LogP contribution in [0.1, 0.15) is 106 Å². The standard InChI is InChI=1S/C33H50O7/c1-23(2)12-9-15-26(5)18-10-16-24(3)13-7-8-14-25(4)17-11-19-27(6)20-21-29(35)39-22-28(34)32-30(36)31(37)33(38)40-32/h12-14,18-19,28,32,34,36-37H,7-11,15-17,20-22H2,1-6H3. The molecule has 0 bridgehead atoms. The zero-order valence-corrected chi connectivity index (χ0v) is 25.3. The second-order valence-corrected chi connectivity index (χ2v) is 11.0. The zero-order chi connectivity index (χ0) is 30.1. The van der Waals surface area contributed by atoms with Gasteiger partial charge in [0.1, 0.15) is 12.7 Å². The summed E-state index contributed by atoms with van der Waals surface area (Å²) in [5.74, 6) is -3.33. The highest BCUT2D eigenvalue weighted by molar-refractivity contribution is 5.89. The first-order chi connectivity index (χ1) is 18.9. The normalized spacial score (nSPS) is 17.7. The van der Waals surface area contributed by atoms with Crippen LogP contribution in [0.5, 0.6) is 0 Å². The maximum Gasteiger partial charge on any atom is 0.377 e. The Kier molecular flexibility index (Phi) is 16.7. The Hall–Kier alpha value is -3.06. The molecule has 40 heavy (non-hydrogen) atoms. The van der Waals surface area contributed by atoms with Gasteiger partial charge in [0.05, 0.1) is 0 Å².